The second kappa shape index (κ2) is 30.4. The van der Waals surface area contributed by atoms with Crippen molar-refractivity contribution in [2.75, 3.05) is 0 Å². The van der Waals surface area contributed by atoms with Crippen LogP contribution < -0.4 is 0 Å². The van der Waals surface area contributed by atoms with Gasteiger partial charge in [0, 0.05) is 49.4 Å². The summed E-state index contributed by atoms with van der Waals surface area (Å²) in [6.45, 7) is 0. The standard InChI is InChI=1S/C122H79N3/c1-6-20-80(21-7-1)84-34-42-88(43-35-84)96-56-68-115-109(74-96)110-75-97(89-44-36-85(37-45-89)81-22-8-2-9-23-81)57-69-116(110)123(115)102-62-50-92(51-63-102)100-60-72-119-113(78-100)114-79-101(61-73-120(114)125(119)104-66-54-95(55-67-104)122-107-32-18-16-30-105(107)121(94-28-14-5-15-29-94)106-31-17-19-33-108(106)122)93-52-64-103(65-53-93)124-117-70-58-98(90-46-38-86(39-47-90)82-24-10-3-11-25-82)76-111(117)112-77-99(59-71-118(112)124)91-48-40-87(41-49-91)83-26-12-4-13-27-83/h1-79H. The smallest absolute Gasteiger partial charge is 0.0541 e. The third-order valence-electron chi connectivity index (χ3n) is 25.9. The van der Waals surface area contributed by atoms with E-state index in [0.717, 1.165) is 72.4 Å². The largest absolute Gasteiger partial charge is 0.309 e. The van der Waals surface area contributed by atoms with Crippen LogP contribution in [0, 0.1) is 0 Å². The normalized spacial score (nSPS) is 11.7. The summed E-state index contributed by atoms with van der Waals surface area (Å²) < 4.78 is 7.38. The number of hydrogen-bond donors (Lipinski definition) is 0. The van der Waals surface area contributed by atoms with Gasteiger partial charge >= 0.3 is 0 Å². The van der Waals surface area contributed by atoms with Gasteiger partial charge in [0.15, 0.2) is 0 Å². The molecule has 3 aromatic heterocycles. The van der Waals surface area contributed by atoms with Crippen LogP contribution in [0.2, 0.25) is 0 Å². The molecule has 0 spiro atoms. The molecule has 3 heterocycles. The van der Waals surface area contributed by atoms with Gasteiger partial charge in [0.1, 0.15) is 0 Å². The van der Waals surface area contributed by atoms with E-state index in [0.29, 0.717) is 0 Å². The predicted molar refractivity (Wildman–Crippen MR) is 530 cm³/mol. The Hall–Kier alpha value is -16.5. The molecule has 21 aromatic carbocycles. The molecule has 0 aliphatic carbocycles. The van der Waals surface area contributed by atoms with Crippen LogP contribution in [0.5, 0.6) is 0 Å². The molecule has 0 saturated carbocycles. The van der Waals surface area contributed by atoms with Gasteiger partial charge in [-0.05, 0) is 264 Å². The number of benzene rings is 21. The summed E-state index contributed by atoms with van der Waals surface area (Å²) in [6, 6.07) is 177. The van der Waals surface area contributed by atoms with Crippen LogP contribution in [0.15, 0.2) is 479 Å². The minimum atomic E-state index is 1.09. The summed E-state index contributed by atoms with van der Waals surface area (Å²) in [7, 11) is 0. The Morgan fingerprint density at radius 3 is 0.432 bits per heavy atom. The minimum absolute atomic E-state index is 1.09. The Morgan fingerprint density at radius 2 is 0.232 bits per heavy atom. The zero-order valence-electron chi connectivity index (χ0n) is 68.5. The first-order valence-corrected chi connectivity index (χ1v) is 43.1. The number of nitrogens with zero attached hydrogens (tertiary/aromatic N) is 3. The fourth-order valence-electron chi connectivity index (χ4n) is 19.7. The molecule has 0 fully saturated rings. The third kappa shape index (κ3) is 12.8. The van der Waals surface area contributed by atoms with Crippen molar-refractivity contribution in [1.29, 1.82) is 0 Å². The van der Waals surface area contributed by atoms with Gasteiger partial charge in [0.2, 0.25) is 0 Å². The molecule has 0 unspecified atom stereocenters. The van der Waals surface area contributed by atoms with Crippen molar-refractivity contribution in [3.63, 3.8) is 0 Å². The van der Waals surface area contributed by atoms with Crippen molar-refractivity contribution < 1.29 is 0 Å². The summed E-state index contributed by atoms with van der Waals surface area (Å²) in [5, 5.41) is 12.1. The summed E-state index contributed by atoms with van der Waals surface area (Å²) in [5.74, 6) is 0. The minimum Gasteiger partial charge on any atom is -0.309 e. The van der Waals surface area contributed by atoms with E-state index >= 15 is 0 Å². The fraction of sp³-hybridized carbons (Fsp3) is 0. The maximum absolute atomic E-state index is 2.47. The Labute approximate surface area is 725 Å². The first-order valence-electron chi connectivity index (χ1n) is 43.1. The molecule has 3 heteroatoms. The molecular weight excluding hydrogens is 1510 g/mol. The quantitative estimate of drug-likeness (QED) is 0.0909. The zero-order valence-corrected chi connectivity index (χ0v) is 68.5. The van der Waals surface area contributed by atoms with Crippen molar-refractivity contribution in [2.45, 2.75) is 0 Å². The number of rotatable bonds is 15. The molecule has 24 aromatic rings. The predicted octanol–water partition coefficient (Wildman–Crippen LogP) is 33.3. The van der Waals surface area contributed by atoms with E-state index in [1.807, 2.05) is 0 Å². The van der Waals surface area contributed by atoms with Crippen LogP contribution in [-0.4, -0.2) is 13.7 Å². The second-order valence-electron chi connectivity index (χ2n) is 33.0. The Bertz CT molecular complexity index is 7530. The van der Waals surface area contributed by atoms with Crippen LogP contribution in [0.3, 0.4) is 0 Å². The lowest BCUT2D eigenvalue weighted by molar-refractivity contribution is 1.18. The van der Waals surface area contributed by atoms with E-state index in [9.17, 15) is 0 Å². The average molecular weight is 1590 g/mol. The molecule has 0 N–H and O–H groups in total. The SMILES string of the molecule is c1ccc(-c2ccc(-c3ccc4c(c3)c3cc(-c5ccc(-c6ccccc6)cc5)ccc3n4-c3ccc(-c4ccc5c(c4)c4cc(-c6ccc(-n7c8ccc(-c9ccc(-c%10ccccc%10)cc9)cc8c8cc(-c9ccc(-c%10ccccc%10)cc9)ccc87)cc6)ccc4n5-c4ccc(-c5c6ccccc6c(-c6ccccc6)c6ccccc56)cc4)cc3)cc2)cc1. The number of hydrogen-bond acceptors (Lipinski definition) is 0. The van der Waals surface area contributed by atoms with Gasteiger partial charge in [0.25, 0.3) is 0 Å². The molecule has 0 atom stereocenters. The first-order chi connectivity index (χ1) is 61.9. The van der Waals surface area contributed by atoms with Crippen LogP contribution in [0.1, 0.15) is 0 Å². The Kier molecular flexibility index (Phi) is 17.6. The highest BCUT2D eigenvalue weighted by Gasteiger charge is 2.23. The maximum atomic E-state index is 2.47. The third-order valence-corrected chi connectivity index (χ3v) is 25.9. The highest BCUT2D eigenvalue weighted by molar-refractivity contribution is 6.22. The van der Waals surface area contributed by atoms with E-state index in [1.165, 1.54) is 165 Å². The molecule has 3 nitrogen and oxygen atoms in total. The van der Waals surface area contributed by atoms with Crippen LogP contribution in [0.25, 0.3) is 238 Å². The van der Waals surface area contributed by atoms with Gasteiger partial charge in [-0.1, -0.05) is 370 Å². The van der Waals surface area contributed by atoms with E-state index in [1.54, 1.807) is 0 Å². The van der Waals surface area contributed by atoms with Crippen molar-refractivity contribution in [3.8, 4) is 151 Å². The van der Waals surface area contributed by atoms with Crippen LogP contribution in [0.4, 0.5) is 0 Å². The molecular formula is C122H79N3. The first kappa shape index (κ1) is 72.5. The maximum Gasteiger partial charge on any atom is 0.0541 e. The van der Waals surface area contributed by atoms with Gasteiger partial charge in [0.05, 0.1) is 33.1 Å². The van der Waals surface area contributed by atoms with Gasteiger partial charge < -0.3 is 13.7 Å². The lowest BCUT2D eigenvalue weighted by Crippen LogP contribution is -1.95. The van der Waals surface area contributed by atoms with Crippen LogP contribution in [-0.2, 0) is 0 Å². The van der Waals surface area contributed by atoms with Crippen molar-refractivity contribution in [3.05, 3.63) is 479 Å². The van der Waals surface area contributed by atoms with Gasteiger partial charge in [-0.25, -0.2) is 0 Å². The monoisotopic (exact) mass is 1590 g/mol. The second-order valence-corrected chi connectivity index (χ2v) is 33.0. The highest BCUT2D eigenvalue weighted by Crippen LogP contribution is 2.47. The molecule has 0 bridgehead atoms. The average Bonchev–Trinajstić information content (AvgIpc) is 1.66. The molecule has 0 amide bonds. The summed E-state index contributed by atoms with van der Waals surface area (Å²) in [6.07, 6.45) is 0. The van der Waals surface area contributed by atoms with Crippen molar-refractivity contribution in [2.24, 2.45) is 0 Å². The van der Waals surface area contributed by atoms with Gasteiger partial charge in [-0.3, -0.25) is 0 Å². The van der Waals surface area contributed by atoms with Gasteiger partial charge in [-0.2, -0.15) is 0 Å². The summed E-state index contributed by atoms with van der Waals surface area (Å²) in [4.78, 5) is 0. The highest BCUT2D eigenvalue weighted by atomic mass is 15.0. The van der Waals surface area contributed by atoms with E-state index in [-0.39, 0.29) is 0 Å². The molecule has 24 rings (SSSR count). The lowest BCUT2D eigenvalue weighted by atomic mass is 9.86. The Morgan fingerprint density at radius 1 is 0.0960 bits per heavy atom. The van der Waals surface area contributed by atoms with Crippen molar-refractivity contribution >= 4 is 87.0 Å². The van der Waals surface area contributed by atoms with E-state index < -0.39 is 0 Å². The topological polar surface area (TPSA) is 14.8 Å². The summed E-state index contributed by atoms with van der Waals surface area (Å²) in [5.41, 5.74) is 38.8. The summed E-state index contributed by atoms with van der Waals surface area (Å²) >= 11 is 0. The zero-order chi connectivity index (χ0) is 82.4. The Balaban J connectivity index is 0.619. The van der Waals surface area contributed by atoms with Crippen molar-refractivity contribution in [1.82, 2.24) is 13.7 Å². The lowest BCUT2D eigenvalue weighted by Gasteiger charge is -2.18. The fourth-order valence-corrected chi connectivity index (χ4v) is 19.7. The number of fused-ring (bicyclic) bond motifs is 11. The van der Waals surface area contributed by atoms with Gasteiger partial charge in [-0.15, -0.1) is 0 Å². The molecule has 125 heavy (non-hydrogen) atoms. The molecule has 582 valence electrons. The molecule has 0 aliphatic rings. The van der Waals surface area contributed by atoms with E-state index in [4.69, 9.17) is 0 Å². The molecule has 0 aliphatic heterocycles. The van der Waals surface area contributed by atoms with Crippen LogP contribution >= 0.6 is 0 Å². The van der Waals surface area contributed by atoms with E-state index in [2.05, 4.69) is 493 Å². The molecule has 0 radical (unpaired) electrons. The molecule has 0 saturated heterocycles. The number of aromatic nitrogens is 3.